The first kappa shape index (κ1) is 11.6. The zero-order valence-electron chi connectivity index (χ0n) is 9.45. The highest BCUT2D eigenvalue weighted by atomic mass is 32.1. The van der Waals surface area contributed by atoms with Gasteiger partial charge in [-0.25, -0.2) is 0 Å². The first-order valence-corrected chi connectivity index (χ1v) is 6.68. The summed E-state index contributed by atoms with van der Waals surface area (Å²) in [6.07, 6.45) is 4.52. The molecular formula is C12H18N2OS. The maximum absolute atomic E-state index is 11.8. The van der Waals surface area contributed by atoms with Crippen molar-refractivity contribution in [3.63, 3.8) is 0 Å². The number of ketones is 1. The van der Waals surface area contributed by atoms with Crippen LogP contribution in [0.25, 0.3) is 0 Å². The van der Waals surface area contributed by atoms with Crippen LogP contribution in [0, 0.1) is 0 Å². The van der Waals surface area contributed by atoms with E-state index in [9.17, 15) is 4.79 Å². The molecule has 1 aliphatic rings. The molecule has 1 fully saturated rings. The van der Waals surface area contributed by atoms with Crippen LogP contribution in [-0.4, -0.2) is 30.3 Å². The Morgan fingerprint density at radius 3 is 2.69 bits per heavy atom. The van der Waals surface area contributed by atoms with E-state index >= 15 is 0 Å². The van der Waals surface area contributed by atoms with E-state index in [2.05, 4.69) is 4.90 Å². The third-order valence-corrected chi connectivity index (χ3v) is 3.96. The average molecular weight is 238 g/mol. The van der Waals surface area contributed by atoms with E-state index in [1.54, 1.807) is 6.07 Å². The van der Waals surface area contributed by atoms with E-state index < -0.39 is 0 Å². The molecule has 2 rings (SSSR count). The third kappa shape index (κ3) is 3.06. The van der Waals surface area contributed by atoms with E-state index in [0.29, 0.717) is 6.42 Å². The van der Waals surface area contributed by atoms with Crippen molar-refractivity contribution in [2.75, 3.05) is 25.4 Å². The van der Waals surface area contributed by atoms with Gasteiger partial charge in [-0.1, -0.05) is 6.42 Å². The summed E-state index contributed by atoms with van der Waals surface area (Å²) in [6, 6.07) is 3.64. The summed E-state index contributed by atoms with van der Waals surface area (Å²) in [4.78, 5) is 15.0. The van der Waals surface area contributed by atoms with E-state index in [4.69, 9.17) is 5.73 Å². The second-order valence-electron chi connectivity index (χ2n) is 4.28. The minimum Gasteiger partial charge on any atom is -0.391 e. The van der Waals surface area contributed by atoms with Gasteiger partial charge in [0.1, 0.15) is 0 Å². The molecule has 4 heteroatoms. The van der Waals surface area contributed by atoms with Gasteiger partial charge in [-0.2, -0.15) is 0 Å². The van der Waals surface area contributed by atoms with Gasteiger partial charge in [-0.3, -0.25) is 4.79 Å². The average Bonchev–Trinajstić information content (AvgIpc) is 2.74. The van der Waals surface area contributed by atoms with Gasteiger partial charge >= 0.3 is 0 Å². The lowest BCUT2D eigenvalue weighted by atomic mass is 10.1. The largest absolute Gasteiger partial charge is 0.391 e. The van der Waals surface area contributed by atoms with Gasteiger partial charge < -0.3 is 10.6 Å². The molecule has 0 saturated carbocycles. The van der Waals surface area contributed by atoms with Crippen LogP contribution in [0.4, 0.5) is 5.00 Å². The van der Waals surface area contributed by atoms with Crippen LogP contribution in [0.3, 0.4) is 0 Å². The molecule has 0 amide bonds. The summed E-state index contributed by atoms with van der Waals surface area (Å²) in [5, 5.41) is 0.723. The standard InChI is InChI=1S/C12H18N2OS/c13-12-5-4-11(16-12)10(15)6-9-14-7-2-1-3-8-14/h4-5H,1-3,6-9,13H2. The molecular weight excluding hydrogens is 220 g/mol. The molecule has 1 aromatic rings. The van der Waals surface area contributed by atoms with Crippen molar-refractivity contribution in [2.45, 2.75) is 25.7 Å². The van der Waals surface area contributed by atoms with E-state index in [0.717, 1.165) is 29.5 Å². The number of anilines is 1. The fourth-order valence-electron chi connectivity index (χ4n) is 2.07. The highest BCUT2D eigenvalue weighted by molar-refractivity contribution is 7.17. The van der Waals surface area contributed by atoms with E-state index in [1.807, 2.05) is 6.07 Å². The summed E-state index contributed by atoms with van der Waals surface area (Å²) in [5.41, 5.74) is 5.61. The first-order chi connectivity index (χ1) is 7.75. The maximum Gasteiger partial charge on any atom is 0.174 e. The summed E-state index contributed by atoms with van der Waals surface area (Å²) in [5.74, 6) is 0.229. The fraction of sp³-hybridized carbons (Fsp3) is 0.583. The number of carbonyl (C=O) groups is 1. The van der Waals surface area contributed by atoms with Crippen LogP contribution in [0.5, 0.6) is 0 Å². The number of thiophene rings is 1. The smallest absolute Gasteiger partial charge is 0.174 e. The molecule has 0 bridgehead atoms. The zero-order chi connectivity index (χ0) is 11.4. The number of hydrogen-bond donors (Lipinski definition) is 1. The van der Waals surface area contributed by atoms with E-state index in [1.165, 1.54) is 30.6 Å². The quantitative estimate of drug-likeness (QED) is 0.819. The lowest BCUT2D eigenvalue weighted by Gasteiger charge is -2.25. The Kier molecular flexibility index (Phi) is 3.96. The molecule has 16 heavy (non-hydrogen) atoms. The first-order valence-electron chi connectivity index (χ1n) is 5.86. The maximum atomic E-state index is 11.8. The molecule has 1 aromatic heterocycles. The van der Waals surface area contributed by atoms with Crippen molar-refractivity contribution in [3.8, 4) is 0 Å². The molecule has 0 radical (unpaired) electrons. The van der Waals surface area contributed by atoms with Crippen molar-refractivity contribution in [1.82, 2.24) is 4.90 Å². The lowest BCUT2D eigenvalue weighted by molar-refractivity contribution is 0.0962. The number of likely N-dealkylation sites (tertiary alicyclic amines) is 1. The fourth-order valence-corrected chi connectivity index (χ4v) is 2.81. The molecule has 3 nitrogen and oxygen atoms in total. The van der Waals surface area contributed by atoms with E-state index in [-0.39, 0.29) is 5.78 Å². The molecule has 88 valence electrons. The number of piperidine rings is 1. The van der Waals surface area contributed by atoms with Crippen LogP contribution in [0.1, 0.15) is 35.4 Å². The van der Waals surface area contributed by atoms with Crippen LogP contribution in [0.15, 0.2) is 12.1 Å². The highest BCUT2D eigenvalue weighted by Gasteiger charge is 2.13. The topological polar surface area (TPSA) is 46.3 Å². The summed E-state index contributed by atoms with van der Waals surface area (Å²) < 4.78 is 0. The molecule has 0 spiro atoms. The van der Waals surface area contributed by atoms with Gasteiger partial charge in [-0.15, -0.1) is 11.3 Å². The van der Waals surface area contributed by atoms with Crippen LogP contribution >= 0.6 is 11.3 Å². The van der Waals surface area contributed by atoms with Gasteiger partial charge in [0.15, 0.2) is 5.78 Å². The van der Waals surface area contributed by atoms with Gasteiger partial charge in [0.2, 0.25) is 0 Å². The zero-order valence-corrected chi connectivity index (χ0v) is 10.3. The Balaban J connectivity index is 1.79. The Bertz CT molecular complexity index is 356. The summed E-state index contributed by atoms with van der Waals surface area (Å²) in [6.45, 7) is 3.20. The molecule has 1 saturated heterocycles. The van der Waals surface area contributed by atoms with Crippen LogP contribution < -0.4 is 5.73 Å². The molecule has 0 unspecified atom stereocenters. The van der Waals surface area contributed by atoms with Crippen molar-refractivity contribution >= 4 is 22.1 Å². The second kappa shape index (κ2) is 5.46. The number of nitrogen functional groups attached to an aromatic ring is 1. The normalized spacial score (nSPS) is 17.5. The van der Waals surface area contributed by atoms with Crippen molar-refractivity contribution in [3.05, 3.63) is 17.0 Å². The van der Waals surface area contributed by atoms with Gasteiger partial charge in [0.25, 0.3) is 0 Å². The van der Waals surface area contributed by atoms with Crippen molar-refractivity contribution < 1.29 is 4.79 Å². The van der Waals surface area contributed by atoms with Crippen LogP contribution in [-0.2, 0) is 0 Å². The van der Waals surface area contributed by atoms with Gasteiger partial charge in [0, 0.05) is 13.0 Å². The third-order valence-electron chi connectivity index (χ3n) is 3.01. The number of rotatable bonds is 4. The molecule has 2 N–H and O–H groups in total. The van der Waals surface area contributed by atoms with Gasteiger partial charge in [0.05, 0.1) is 9.88 Å². The number of hydrogen-bond acceptors (Lipinski definition) is 4. The Hall–Kier alpha value is -0.870. The minimum atomic E-state index is 0.229. The van der Waals surface area contributed by atoms with Crippen LogP contribution in [0.2, 0.25) is 0 Å². The molecule has 0 aromatic carbocycles. The number of Topliss-reactive ketones (excluding diaryl/α,β-unsaturated/α-hetero) is 1. The second-order valence-corrected chi connectivity index (χ2v) is 5.39. The predicted octanol–water partition coefficient (Wildman–Crippen LogP) is 2.39. The Labute approximate surface area is 100 Å². The van der Waals surface area contributed by atoms with Gasteiger partial charge in [-0.05, 0) is 38.1 Å². The lowest BCUT2D eigenvalue weighted by Crippen LogP contribution is -2.31. The Morgan fingerprint density at radius 1 is 1.31 bits per heavy atom. The monoisotopic (exact) mass is 238 g/mol. The molecule has 0 aliphatic carbocycles. The number of nitrogens with two attached hydrogens (primary N) is 1. The molecule has 0 atom stereocenters. The highest BCUT2D eigenvalue weighted by Crippen LogP contribution is 2.20. The minimum absolute atomic E-state index is 0.229. The summed E-state index contributed by atoms with van der Waals surface area (Å²) in [7, 11) is 0. The molecule has 1 aliphatic heterocycles. The molecule has 2 heterocycles. The SMILES string of the molecule is Nc1ccc(C(=O)CCN2CCCCC2)s1. The number of nitrogens with zero attached hydrogens (tertiary/aromatic N) is 1. The Morgan fingerprint density at radius 2 is 2.06 bits per heavy atom. The summed E-state index contributed by atoms with van der Waals surface area (Å²) >= 11 is 1.39. The number of carbonyl (C=O) groups excluding carboxylic acids is 1. The predicted molar refractivity (Wildman–Crippen MR) is 68.0 cm³/mol. The van der Waals surface area contributed by atoms with Crippen molar-refractivity contribution in [1.29, 1.82) is 0 Å². The van der Waals surface area contributed by atoms with Crippen molar-refractivity contribution in [2.24, 2.45) is 0 Å².